The maximum atomic E-state index is 14.1. The second-order valence-corrected chi connectivity index (χ2v) is 11.3. The lowest BCUT2D eigenvalue weighted by Crippen LogP contribution is -2.51. The minimum Gasteiger partial charge on any atom is -0.495 e. The van der Waals surface area contributed by atoms with Crippen molar-refractivity contribution in [3.63, 3.8) is 0 Å². The number of benzene rings is 3. The molecule has 0 aromatic heterocycles. The highest BCUT2D eigenvalue weighted by Crippen LogP contribution is 2.34. The molecule has 2 amide bonds. The fourth-order valence-corrected chi connectivity index (χ4v) is 5.82. The van der Waals surface area contributed by atoms with Crippen molar-refractivity contribution in [2.24, 2.45) is 0 Å². The first-order valence-corrected chi connectivity index (χ1v) is 14.3. The number of nitrogens with zero attached hydrogens (tertiary/aromatic N) is 2. The molecule has 1 N–H and O–H groups in total. The third-order valence-electron chi connectivity index (χ3n) is 6.73. The Hall–Kier alpha value is -3.85. The summed E-state index contributed by atoms with van der Waals surface area (Å²) >= 11 is 0. The zero-order valence-electron chi connectivity index (χ0n) is 23.4. The minimum atomic E-state index is -4.18. The zero-order chi connectivity index (χ0) is 28.7. The van der Waals surface area contributed by atoms with Crippen LogP contribution in [0.25, 0.3) is 0 Å². The number of ether oxygens (including phenoxy) is 1. The van der Waals surface area contributed by atoms with E-state index in [9.17, 15) is 18.0 Å². The molecule has 0 heterocycles. The van der Waals surface area contributed by atoms with Crippen LogP contribution in [0.1, 0.15) is 35.6 Å². The summed E-state index contributed by atoms with van der Waals surface area (Å²) < 4.78 is 34.7. The first-order valence-electron chi connectivity index (χ1n) is 12.8. The van der Waals surface area contributed by atoms with Crippen molar-refractivity contribution in [2.75, 3.05) is 25.0 Å². The van der Waals surface area contributed by atoms with Gasteiger partial charge in [0.1, 0.15) is 18.3 Å². The minimum absolute atomic E-state index is 0.0493. The van der Waals surface area contributed by atoms with Crippen LogP contribution in [0.3, 0.4) is 0 Å². The number of sulfonamides is 1. The number of amides is 2. The van der Waals surface area contributed by atoms with Gasteiger partial charge in [0, 0.05) is 13.6 Å². The molecule has 0 spiro atoms. The van der Waals surface area contributed by atoms with Crippen LogP contribution in [0.5, 0.6) is 5.75 Å². The van der Waals surface area contributed by atoms with Crippen molar-refractivity contribution < 1.29 is 22.7 Å². The number of methoxy groups -OCH3 is 1. The third kappa shape index (κ3) is 6.78. The molecule has 0 radical (unpaired) electrons. The number of hydrogen-bond donors (Lipinski definition) is 1. The van der Waals surface area contributed by atoms with E-state index in [1.165, 1.54) is 31.2 Å². The number of hydrogen-bond acceptors (Lipinski definition) is 5. The van der Waals surface area contributed by atoms with Gasteiger partial charge < -0.3 is 15.0 Å². The highest BCUT2D eigenvalue weighted by Gasteiger charge is 2.34. The summed E-state index contributed by atoms with van der Waals surface area (Å²) in [7, 11) is -1.21. The zero-order valence-corrected chi connectivity index (χ0v) is 24.2. The van der Waals surface area contributed by atoms with Crippen LogP contribution in [0.2, 0.25) is 0 Å². The first kappa shape index (κ1) is 29.7. The van der Waals surface area contributed by atoms with Crippen LogP contribution < -0.4 is 14.4 Å². The lowest BCUT2D eigenvalue weighted by atomic mass is 10.1. The van der Waals surface area contributed by atoms with Gasteiger partial charge in [0.25, 0.3) is 10.0 Å². The Morgan fingerprint density at radius 3 is 2.18 bits per heavy atom. The van der Waals surface area contributed by atoms with E-state index in [-0.39, 0.29) is 23.0 Å². The molecule has 0 aliphatic heterocycles. The number of carbonyl (C=O) groups excluding carboxylic acids is 2. The Kier molecular flexibility index (Phi) is 9.75. The molecule has 0 aliphatic rings. The maximum Gasteiger partial charge on any atom is 0.264 e. The molecular formula is C30H37N3O5S. The highest BCUT2D eigenvalue weighted by molar-refractivity contribution is 7.92. The van der Waals surface area contributed by atoms with Crippen LogP contribution >= 0.6 is 0 Å². The van der Waals surface area contributed by atoms with E-state index in [4.69, 9.17) is 4.74 Å². The standard InChI is InChI=1S/C30H37N3O5S/c1-7-26(30(35)31-5)32(19-24-11-9-8-10-23(24)4)29(34)20-33(27-18-22(3)14-17-28(27)38-6)39(36,37)25-15-12-21(2)13-16-25/h8-18,26H,7,19-20H2,1-6H3,(H,31,35). The van der Waals surface area contributed by atoms with Gasteiger partial charge in [-0.15, -0.1) is 0 Å². The number of nitrogens with one attached hydrogen (secondary N) is 1. The van der Waals surface area contributed by atoms with Crippen LogP contribution in [-0.4, -0.2) is 51.9 Å². The highest BCUT2D eigenvalue weighted by atomic mass is 32.2. The van der Waals surface area contributed by atoms with Crippen molar-refractivity contribution >= 4 is 27.5 Å². The van der Waals surface area contributed by atoms with Gasteiger partial charge in [-0.25, -0.2) is 8.42 Å². The summed E-state index contributed by atoms with van der Waals surface area (Å²) in [6.07, 6.45) is 0.357. The van der Waals surface area contributed by atoms with Crippen LogP contribution in [0, 0.1) is 20.8 Å². The fraction of sp³-hybridized carbons (Fsp3) is 0.333. The normalized spacial score (nSPS) is 11.9. The number of carbonyl (C=O) groups is 2. The van der Waals surface area contributed by atoms with Crippen LogP contribution in [-0.2, 0) is 26.2 Å². The predicted molar refractivity (Wildman–Crippen MR) is 153 cm³/mol. The Morgan fingerprint density at radius 2 is 1.59 bits per heavy atom. The van der Waals surface area contributed by atoms with Gasteiger partial charge in [-0.05, 0) is 68.1 Å². The second kappa shape index (κ2) is 12.8. The number of anilines is 1. The maximum absolute atomic E-state index is 14.1. The Balaban J connectivity index is 2.14. The van der Waals surface area contributed by atoms with E-state index in [0.29, 0.717) is 12.2 Å². The Morgan fingerprint density at radius 1 is 0.949 bits per heavy atom. The summed E-state index contributed by atoms with van der Waals surface area (Å²) in [6, 6.07) is 18.5. The predicted octanol–water partition coefficient (Wildman–Crippen LogP) is 4.37. The third-order valence-corrected chi connectivity index (χ3v) is 8.50. The summed E-state index contributed by atoms with van der Waals surface area (Å²) in [5.74, 6) is -0.513. The van der Waals surface area contributed by atoms with Crippen molar-refractivity contribution in [1.82, 2.24) is 10.2 Å². The van der Waals surface area contributed by atoms with E-state index < -0.39 is 28.5 Å². The monoisotopic (exact) mass is 551 g/mol. The van der Waals surface area contributed by atoms with Crippen molar-refractivity contribution in [3.05, 3.63) is 89.0 Å². The van der Waals surface area contributed by atoms with E-state index in [2.05, 4.69) is 5.32 Å². The van der Waals surface area contributed by atoms with E-state index in [1.54, 1.807) is 24.3 Å². The molecule has 0 fully saturated rings. The molecule has 208 valence electrons. The summed E-state index contributed by atoms with van der Waals surface area (Å²) in [4.78, 5) is 28.4. The van der Waals surface area contributed by atoms with Gasteiger partial charge in [-0.3, -0.25) is 13.9 Å². The van der Waals surface area contributed by atoms with Gasteiger partial charge >= 0.3 is 0 Å². The summed E-state index contributed by atoms with van der Waals surface area (Å²) in [6.45, 7) is 7.10. The van der Waals surface area contributed by atoms with Crippen molar-refractivity contribution in [1.29, 1.82) is 0 Å². The second-order valence-electron chi connectivity index (χ2n) is 9.49. The van der Waals surface area contributed by atoms with Crippen molar-refractivity contribution in [3.8, 4) is 5.75 Å². The summed E-state index contributed by atoms with van der Waals surface area (Å²) in [5, 5.41) is 2.64. The molecule has 3 rings (SSSR count). The van der Waals surface area contributed by atoms with E-state index in [1.807, 2.05) is 58.0 Å². The molecule has 1 unspecified atom stereocenters. The molecule has 8 nitrogen and oxygen atoms in total. The molecule has 3 aromatic carbocycles. The van der Waals surface area contributed by atoms with Crippen LogP contribution in [0.15, 0.2) is 71.6 Å². The molecule has 0 saturated carbocycles. The topological polar surface area (TPSA) is 96.0 Å². The fourth-order valence-electron chi connectivity index (χ4n) is 4.40. The van der Waals surface area contributed by atoms with Gasteiger partial charge in [0.2, 0.25) is 11.8 Å². The molecule has 0 aliphatic carbocycles. The average molecular weight is 552 g/mol. The molecule has 39 heavy (non-hydrogen) atoms. The molecular weight excluding hydrogens is 514 g/mol. The SMILES string of the molecule is CCC(C(=O)NC)N(Cc1ccccc1C)C(=O)CN(c1cc(C)ccc1OC)S(=O)(=O)c1ccc(C)cc1. The Labute approximate surface area is 231 Å². The number of likely N-dealkylation sites (N-methyl/N-ethyl adjacent to an activating group) is 1. The van der Waals surface area contributed by atoms with Gasteiger partial charge in [0.05, 0.1) is 17.7 Å². The molecule has 1 atom stereocenters. The molecule has 3 aromatic rings. The largest absolute Gasteiger partial charge is 0.495 e. The van der Waals surface area contributed by atoms with E-state index in [0.717, 1.165) is 26.6 Å². The van der Waals surface area contributed by atoms with Gasteiger partial charge in [-0.2, -0.15) is 0 Å². The smallest absolute Gasteiger partial charge is 0.264 e. The van der Waals surface area contributed by atoms with Gasteiger partial charge in [0.15, 0.2) is 0 Å². The molecule has 9 heteroatoms. The van der Waals surface area contributed by atoms with E-state index >= 15 is 0 Å². The lowest BCUT2D eigenvalue weighted by Gasteiger charge is -2.33. The Bertz CT molecular complexity index is 1420. The number of rotatable bonds is 11. The van der Waals surface area contributed by atoms with Gasteiger partial charge in [-0.1, -0.05) is 55.0 Å². The first-order chi connectivity index (χ1) is 18.5. The average Bonchev–Trinajstić information content (AvgIpc) is 2.92. The molecule has 0 saturated heterocycles. The molecule has 0 bridgehead atoms. The summed E-state index contributed by atoms with van der Waals surface area (Å²) in [5.41, 5.74) is 3.79. The van der Waals surface area contributed by atoms with Crippen molar-refractivity contribution in [2.45, 2.75) is 51.6 Å². The quantitative estimate of drug-likeness (QED) is 0.382. The number of aryl methyl sites for hydroxylation is 3. The van der Waals surface area contributed by atoms with Crippen LogP contribution in [0.4, 0.5) is 5.69 Å². The lowest BCUT2D eigenvalue weighted by molar-refractivity contribution is -0.140.